The molecule has 0 fully saturated rings. The summed E-state index contributed by atoms with van der Waals surface area (Å²) in [5.41, 5.74) is 2.40. The van der Waals surface area contributed by atoms with Crippen molar-refractivity contribution in [3.63, 3.8) is 0 Å². The number of thiazole rings is 1. The zero-order valence-corrected chi connectivity index (χ0v) is 12.7. The fourth-order valence-corrected chi connectivity index (χ4v) is 3.37. The van der Waals surface area contributed by atoms with E-state index >= 15 is 0 Å². The van der Waals surface area contributed by atoms with Crippen molar-refractivity contribution in [3.05, 3.63) is 53.9 Å². The molecule has 3 aromatic heterocycles. The number of nitrogens with zero attached hydrogens (tertiary/aromatic N) is 5. The SMILES string of the molecule is Fc1cccc(Sc2ccc3nnc(-c4cncs4)n3n2)c1. The third kappa shape index (κ3) is 2.46. The van der Waals surface area contributed by atoms with E-state index in [0.717, 1.165) is 14.8 Å². The fourth-order valence-electron chi connectivity index (χ4n) is 1.96. The first-order valence-electron chi connectivity index (χ1n) is 6.34. The van der Waals surface area contributed by atoms with Gasteiger partial charge in [0.05, 0.1) is 10.4 Å². The van der Waals surface area contributed by atoms with E-state index in [1.165, 1.54) is 35.2 Å². The Morgan fingerprint density at radius 2 is 2.09 bits per heavy atom. The van der Waals surface area contributed by atoms with E-state index in [9.17, 15) is 4.39 Å². The molecule has 108 valence electrons. The van der Waals surface area contributed by atoms with Gasteiger partial charge in [-0.15, -0.1) is 21.5 Å². The summed E-state index contributed by atoms with van der Waals surface area (Å²) in [5.74, 6) is 0.389. The lowest BCUT2D eigenvalue weighted by molar-refractivity contribution is 0.624. The highest BCUT2D eigenvalue weighted by atomic mass is 32.2. The van der Waals surface area contributed by atoms with Gasteiger partial charge in [-0.05, 0) is 30.3 Å². The third-order valence-electron chi connectivity index (χ3n) is 2.91. The molecule has 4 rings (SSSR count). The van der Waals surface area contributed by atoms with Gasteiger partial charge in [0.2, 0.25) is 0 Å². The summed E-state index contributed by atoms with van der Waals surface area (Å²) in [6.07, 6.45) is 1.73. The molecule has 0 atom stereocenters. The Labute approximate surface area is 132 Å². The molecule has 1 aromatic carbocycles. The topological polar surface area (TPSA) is 56.0 Å². The summed E-state index contributed by atoms with van der Waals surface area (Å²) in [6, 6.07) is 10.1. The van der Waals surface area contributed by atoms with Crippen molar-refractivity contribution in [2.24, 2.45) is 0 Å². The van der Waals surface area contributed by atoms with Crippen LogP contribution in [0.5, 0.6) is 0 Å². The molecule has 0 unspecified atom stereocenters. The van der Waals surface area contributed by atoms with Crippen LogP contribution in [0.25, 0.3) is 16.3 Å². The molecular weight excluding hydrogens is 321 g/mol. The zero-order valence-electron chi connectivity index (χ0n) is 11.0. The van der Waals surface area contributed by atoms with Crippen molar-refractivity contribution in [2.75, 3.05) is 0 Å². The molecule has 0 aliphatic carbocycles. The van der Waals surface area contributed by atoms with Crippen molar-refractivity contribution < 1.29 is 4.39 Å². The predicted octanol–water partition coefficient (Wildman–Crippen LogP) is 3.54. The van der Waals surface area contributed by atoms with Crippen LogP contribution in [0.1, 0.15) is 0 Å². The number of aromatic nitrogens is 5. The summed E-state index contributed by atoms with van der Waals surface area (Å²) in [4.78, 5) is 5.73. The van der Waals surface area contributed by atoms with Crippen molar-refractivity contribution >= 4 is 28.7 Å². The number of hydrogen-bond acceptors (Lipinski definition) is 6. The average Bonchev–Trinajstić information content (AvgIpc) is 3.15. The van der Waals surface area contributed by atoms with Crippen LogP contribution in [-0.4, -0.2) is 24.8 Å². The Balaban J connectivity index is 1.75. The normalized spacial score (nSPS) is 11.1. The molecule has 0 amide bonds. The summed E-state index contributed by atoms with van der Waals surface area (Å²) in [5, 5.41) is 13.5. The highest BCUT2D eigenvalue weighted by Gasteiger charge is 2.11. The first kappa shape index (κ1) is 13.4. The van der Waals surface area contributed by atoms with Crippen molar-refractivity contribution in [1.82, 2.24) is 24.8 Å². The minimum absolute atomic E-state index is 0.263. The number of rotatable bonds is 3. The van der Waals surface area contributed by atoms with Crippen LogP contribution < -0.4 is 0 Å². The second-order valence-corrected chi connectivity index (χ2v) is 6.37. The fraction of sp³-hybridized carbons (Fsp3) is 0. The van der Waals surface area contributed by atoms with Crippen molar-refractivity contribution in [1.29, 1.82) is 0 Å². The van der Waals surface area contributed by atoms with Gasteiger partial charge in [-0.1, -0.05) is 17.8 Å². The monoisotopic (exact) mass is 329 g/mol. The molecule has 0 saturated carbocycles. The predicted molar refractivity (Wildman–Crippen MR) is 82.4 cm³/mol. The summed E-state index contributed by atoms with van der Waals surface area (Å²) >= 11 is 2.86. The van der Waals surface area contributed by atoms with Crippen LogP contribution in [0.15, 0.2) is 58.0 Å². The lowest BCUT2D eigenvalue weighted by Crippen LogP contribution is -1.95. The number of hydrogen-bond donors (Lipinski definition) is 0. The van der Waals surface area contributed by atoms with E-state index in [-0.39, 0.29) is 5.82 Å². The molecule has 0 saturated heterocycles. The first-order valence-corrected chi connectivity index (χ1v) is 8.04. The molecule has 0 spiro atoms. The van der Waals surface area contributed by atoms with Crippen LogP contribution in [0.4, 0.5) is 4.39 Å². The van der Waals surface area contributed by atoms with Gasteiger partial charge in [0.15, 0.2) is 11.5 Å². The number of benzene rings is 1. The molecule has 22 heavy (non-hydrogen) atoms. The van der Waals surface area contributed by atoms with E-state index in [4.69, 9.17) is 0 Å². The van der Waals surface area contributed by atoms with Crippen LogP contribution in [0, 0.1) is 5.82 Å². The van der Waals surface area contributed by atoms with Gasteiger partial charge in [0.25, 0.3) is 0 Å². The van der Waals surface area contributed by atoms with E-state index in [2.05, 4.69) is 20.3 Å². The molecule has 0 aliphatic heterocycles. The van der Waals surface area contributed by atoms with E-state index in [1.54, 1.807) is 22.3 Å². The summed E-state index contributed by atoms with van der Waals surface area (Å²) in [6.45, 7) is 0. The van der Waals surface area contributed by atoms with Gasteiger partial charge >= 0.3 is 0 Å². The van der Waals surface area contributed by atoms with Gasteiger partial charge in [-0.3, -0.25) is 4.98 Å². The van der Waals surface area contributed by atoms with Gasteiger partial charge < -0.3 is 0 Å². The lowest BCUT2D eigenvalue weighted by atomic mass is 10.4. The quantitative estimate of drug-likeness (QED) is 0.575. The maximum atomic E-state index is 13.3. The Morgan fingerprint density at radius 3 is 2.91 bits per heavy atom. The molecule has 5 nitrogen and oxygen atoms in total. The molecule has 0 radical (unpaired) electrons. The highest BCUT2D eigenvalue weighted by Crippen LogP contribution is 2.28. The molecule has 4 aromatic rings. The highest BCUT2D eigenvalue weighted by molar-refractivity contribution is 7.99. The first-order chi connectivity index (χ1) is 10.8. The third-order valence-corrected chi connectivity index (χ3v) is 4.60. The maximum absolute atomic E-state index is 13.3. The minimum Gasteiger partial charge on any atom is -0.252 e. The van der Waals surface area contributed by atoms with Gasteiger partial charge in [0.1, 0.15) is 10.8 Å². The summed E-state index contributed by atoms with van der Waals surface area (Å²) in [7, 11) is 0. The molecular formula is C14H8FN5S2. The average molecular weight is 329 g/mol. The van der Waals surface area contributed by atoms with Crippen LogP contribution in [0.2, 0.25) is 0 Å². The molecule has 0 aliphatic rings. The van der Waals surface area contributed by atoms with Gasteiger partial charge in [-0.2, -0.15) is 9.61 Å². The van der Waals surface area contributed by atoms with Crippen LogP contribution in [0.3, 0.4) is 0 Å². The van der Waals surface area contributed by atoms with Gasteiger partial charge in [-0.25, -0.2) is 4.39 Å². The Bertz CT molecular complexity index is 935. The molecule has 0 N–H and O–H groups in total. The van der Waals surface area contributed by atoms with Crippen molar-refractivity contribution in [2.45, 2.75) is 9.92 Å². The largest absolute Gasteiger partial charge is 0.252 e. The second-order valence-electron chi connectivity index (χ2n) is 4.39. The molecule has 0 bridgehead atoms. The van der Waals surface area contributed by atoms with Gasteiger partial charge in [0, 0.05) is 11.1 Å². The Hall–Kier alpha value is -2.32. The Kier molecular flexibility index (Phi) is 3.32. The number of fused-ring (bicyclic) bond motifs is 1. The summed E-state index contributed by atoms with van der Waals surface area (Å²) < 4.78 is 14.9. The second kappa shape index (κ2) is 5.47. The van der Waals surface area contributed by atoms with Crippen molar-refractivity contribution in [3.8, 4) is 10.7 Å². The maximum Gasteiger partial charge on any atom is 0.196 e. The van der Waals surface area contributed by atoms with E-state index in [1.807, 2.05) is 18.2 Å². The standard InChI is InChI=1S/C14H8FN5S2/c15-9-2-1-3-10(6-9)22-13-5-4-12-17-18-14(20(12)19-13)11-7-16-8-21-11/h1-8H. The van der Waals surface area contributed by atoms with E-state index in [0.29, 0.717) is 11.5 Å². The molecule has 8 heteroatoms. The number of halogens is 1. The van der Waals surface area contributed by atoms with E-state index < -0.39 is 0 Å². The van der Waals surface area contributed by atoms with Crippen LogP contribution >= 0.6 is 23.1 Å². The molecule has 3 heterocycles. The van der Waals surface area contributed by atoms with Crippen LogP contribution in [-0.2, 0) is 0 Å². The minimum atomic E-state index is -0.263. The smallest absolute Gasteiger partial charge is 0.196 e. The Morgan fingerprint density at radius 1 is 1.14 bits per heavy atom. The lowest BCUT2D eigenvalue weighted by Gasteiger charge is -2.02. The zero-order chi connectivity index (χ0) is 14.9.